The van der Waals surface area contributed by atoms with Crippen LogP contribution in [0.3, 0.4) is 0 Å². The van der Waals surface area contributed by atoms with Gasteiger partial charge >= 0.3 is 0 Å². The lowest BCUT2D eigenvalue weighted by molar-refractivity contribution is 0.514. The Morgan fingerprint density at radius 3 is 2.79 bits per heavy atom. The molecule has 0 radical (unpaired) electrons. The number of aromatic nitrogens is 1. The van der Waals surface area contributed by atoms with E-state index in [1.165, 1.54) is 5.56 Å². The summed E-state index contributed by atoms with van der Waals surface area (Å²) >= 11 is 9.42. The fraction of sp³-hybridized carbons (Fsp3) is 0.267. The van der Waals surface area contributed by atoms with Crippen LogP contribution in [0.4, 0.5) is 0 Å². The fourth-order valence-corrected chi connectivity index (χ4v) is 2.39. The minimum atomic E-state index is 0.296. The van der Waals surface area contributed by atoms with E-state index < -0.39 is 0 Å². The third kappa shape index (κ3) is 4.30. The number of halogens is 2. The molecule has 0 amide bonds. The summed E-state index contributed by atoms with van der Waals surface area (Å²) in [5.41, 5.74) is 2.25. The van der Waals surface area contributed by atoms with E-state index in [1.807, 2.05) is 36.5 Å². The molecule has 0 aliphatic heterocycles. The maximum Gasteiger partial charge on any atom is 0.0542 e. The van der Waals surface area contributed by atoms with Crippen molar-refractivity contribution in [1.82, 2.24) is 10.3 Å². The Morgan fingerprint density at radius 2 is 2.16 bits per heavy atom. The first-order valence-electron chi connectivity index (χ1n) is 6.28. The Bertz CT molecular complexity index is 528. The minimum Gasteiger partial charge on any atom is -0.304 e. The van der Waals surface area contributed by atoms with Crippen LogP contribution in [0.25, 0.3) is 0 Å². The molecule has 0 aliphatic carbocycles. The van der Waals surface area contributed by atoms with Gasteiger partial charge in [0, 0.05) is 28.3 Å². The highest BCUT2D eigenvalue weighted by molar-refractivity contribution is 9.10. The first-order valence-corrected chi connectivity index (χ1v) is 7.45. The molecule has 1 aromatic carbocycles. The Kier molecular flexibility index (Phi) is 5.37. The van der Waals surface area contributed by atoms with Gasteiger partial charge in [-0.1, -0.05) is 30.7 Å². The Hall–Kier alpha value is -0.900. The van der Waals surface area contributed by atoms with Crippen LogP contribution in [0.15, 0.2) is 47.1 Å². The van der Waals surface area contributed by atoms with Gasteiger partial charge in [0.25, 0.3) is 0 Å². The fourth-order valence-electron chi connectivity index (χ4n) is 1.96. The normalized spacial score (nSPS) is 12.4. The van der Waals surface area contributed by atoms with Crippen LogP contribution >= 0.6 is 27.5 Å². The molecule has 0 bridgehead atoms. The van der Waals surface area contributed by atoms with Crippen LogP contribution in [0.1, 0.15) is 30.6 Å². The molecule has 0 aliphatic rings. The predicted molar refractivity (Wildman–Crippen MR) is 83.3 cm³/mol. The van der Waals surface area contributed by atoms with Gasteiger partial charge in [-0.25, -0.2) is 0 Å². The number of benzene rings is 1. The molecule has 19 heavy (non-hydrogen) atoms. The number of rotatable bonds is 5. The second-order valence-electron chi connectivity index (χ2n) is 4.36. The monoisotopic (exact) mass is 338 g/mol. The third-order valence-corrected chi connectivity index (χ3v) is 3.68. The summed E-state index contributed by atoms with van der Waals surface area (Å²) in [6, 6.07) is 12.3. The number of hydrogen-bond donors (Lipinski definition) is 1. The second-order valence-corrected chi connectivity index (χ2v) is 5.72. The third-order valence-electron chi connectivity index (χ3n) is 2.98. The molecule has 2 nitrogen and oxygen atoms in total. The van der Waals surface area contributed by atoms with Crippen LogP contribution in [-0.4, -0.2) is 4.98 Å². The molecule has 1 N–H and O–H groups in total. The lowest BCUT2D eigenvalue weighted by atomic mass is 10.0. The zero-order valence-corrected chi connectivity index (χ0v) is 13.1. The van der Waals surface area contributed by atoms with Crippen LogP contribution in [-0.2, 0) is 6.54 Å². The Morgan fingerprint density at radius 1 is 1.32 bits per heavy atom. The van der Waals surface area contributed by atoms with E-state index in [4.69, 9.17) is 11.6 Å². The Labute approximate surface area is 127 Å². The number of hydrogen-bond acceptors (Lipinski definition) is 2. The van der Waals surface area contributed by atoms with Crippen molar-refractivity contribution in [2.75, 3.05) is 0 Å². The summed E-state index contributed by atoms with van der Waals surface area (Å²) < 4.78 is 0.998. The van der Waals surface area contributed by atoms with Gasteiger partial charge in [-0.05, 0) is 52.2 Å². The topological polar surface area (TPSA) is 24.9 Å². The standard InChI is InChI=1S/C15H16BrClN2/c1-2-15(11-4-3-5-13(17)8-11)19-10-14-7-6-12(16)9-18-14/h3-9,15,19H,2,10H2,1H3. The Balaban J connectivity index is 2.01. The molecule has 4 heteroatoms. The minimum absolute atomic E-state index is 0.296. The molecule has 0 fully saturated rings. The smallest absolute Gasteiger partial charge is 0.0542 e. The van der Waals surface area contributed by atoms with Crippen molar-refractivity contribution < 1.29 is 0 Å². The van der Waals surface area contributed by atoms with Gasteiger partial charge in [-0.2, -0.15) is 0 Å². The summed E-state index contributed by atoms with van der Waals surface area (Å²) in [5, 5.41) is 4.29. The molecule has 1 atom stereocenters. The summed E-state index contributed by atoms with van der Waals surface area (Å²) in [5.74, 6) is 0. The van der Waals surface area contributed by atoms with Gasteiger partial charge in [0.1, 0.15) is 0 Å². The van der Waals surface area contributed by atoms with Crippen molar-refractivity contribution in [1.29, 1.82) is 0 Å². The van der Waals surface area contributed by atoms with Crippen molar-refractivity contribution in [3.8, 4) is 0 Å². The number of nitrogens with zero attached hydrogens (tertiary/aromatic N) is 1. The van der Waals surface area contributed by atoms with E-state index in [2.05, 4.69) is 39.2 Å². The highest BCUT2D eigenvalue weighted by Crippen LogP contribution is 2.20. The second kappa shape index (κ2) is 7.04. The quantitative estimate of drug-likeness (QED) is 0.851. The van der Waals surface area contributed by atoms with Crippen molar-refractivity contribution >= 4 is 27.5 Å². The molecule has 1 unspecified atom stereocenters. The van der Waals surface area contributed by atoms with Crippen molar-refractivity contribution in [2.24, 2.45) is 0 Å². The van der Waals surface area contributed by atoms with E-state index in [9.17, 15) is 0 Å². The molecule has 1 heterocycles. The summed E-state index contributed by atoms with van der Waals surface area (Å²) in [6.45, 7) is 2.91. The predicted octanol–water partition coefficient (Wildman–Crippen LogP) is 4.74. The summed E-state index contributed by atoms with van der Waals surface area (Å²) in [4.78, 5) is 4.36. The van der Waals surface area contributed by atoms with Crippen LogP contribution in [0, 0.1) is 0 Å². The van der Waals surface area contributed by atoms with Gasteiger partial charge in [0.05, 0.1) is 5.69 Å². The molecule has 0 spiro atoms. The van der Waals surface area contributed by atoms with Gasteiger partial charge in [0.15, 0.2) is 0 Å². The van der Waals surface area contributed by atoms with Gasteiger partial charge in [-0.15, -0.1) is 0 Å². The summed E-state index contributed by atoms with van der Waals surface area (Å²) in [6.07, 6.45) is 2.83. The SMILES string of the molecule is CCC(NCc1ccc(Br)cn1)c1cccc(Cl)c1. The molecule has 0 saturated carbocycles. The van der Waals surface area contributed by atoms with Gasteiger partial charge in [0.2, 0.25) is 0 Å². The molecule has 2 rings (SSSR count). The van der Waals surface area contributed by atoms with E-state index >= 15 is 0 Å². The van der Waals surface area contributed by atoms with E-state index in [0.29, 0.717) is 6.04 Å². The average Bonchev–Trinajstić information content (AvgIpc) is 2.42. The number of nitrogens with one attached hydrogen (secondary N) is 1. The molecule has 2 aromatic rings. The lowest BCUT2D eigenvalue weighted by Crippen LogP contribution is -2.20. The number of pyridine rings is 1. The molecular weight excluding hydrogens is 324 g/mol. The highest BCUT2D eigenvalue weighted by atomic mass is 79.9. The molecule has 1 aromatic heterocycles. The van der Waals surface area contributed by atoms with Crippen molar-refractivity contribution in [2.45, 2.75) is 25.9 Å². The van der Waals surface area contributed by atoms with E-state index in [-0.39, 0.29) is 0 Å². The average molecular weight is 340 g/mol. The highest BCUT2D eigenvalue weighted by Gasteiger charge is 2.09. The van der Waals surface area contributed by atoms with Crippen molar-refractivity contribution in [3.05, 3.63) is 63.3 Å². The molecular formula is C15H16BrClN2. The largest absolute Gasteiger partial charge is 0.304 e. The molecule has 0 saturated heterocycles. The molecule has 100 valence electrons. The first-order chi connectivity index (χ1) is 9.19. The van der Waals surface area contributed by atoms with Gasteiger partial charge < -0.3 is 5.32 Å². The van der Waals surface area contributed by atoms with E-state index in [1.54, 1.807) is 0 Å². The van der Waals surface area contributed by atoms with Crippen LogP contribution in [0.2, 0.25) is 5.02 Å². The lowest BCUT2D eigenvalue weighted by Gasteiger charge is -2.17. The van der Waals surface area contributed by atoms with Crippen molar-refractivity contribution in [3.63, 3.8) is 0 Å². The maximum atomic E-state index is 6.04. The zero-order chi connectivity index (χ0) is 13.7. The van der Waals surface area contributed by atoms with Crippen LogP contribution < -0.4 is 5.32 Å². The van der Waals surface area contributed by atoms with Gasteiger partial charge in [-0.3, -0.25) is 4.98 Å². The van der Waals surface area contributed by atoms with Crippen LogP contribution in [0.5, 0.6) is 0 Å². The summed E-state index contributed by atoms with van der Waals surface area (Å²) in [7, 11) is 0. The maximum absolute atomic E-state index is 6.04. The first kappa shape index (κ1) is 14.5. The zero-order valence-electron chi connectivity index (χ0n) is 10.7. The van der Waals surface area contributed by atoms with E-state index in [0.717, 1.165) is 28.2 Å².